The molecular weight excluding hydrogens is 404 g/mol. The van der Waals surface area contributed by atoms with Crippen molar-refractivity contribution in [2.24, 2.45) is 5.18 Å². The van der Waals surface area contributed by atoms with Gasteiger partial charge < -0.3 is 14.9 Å². The van der Waals surface area contributed by atoms with E-state index in [1.807, 2.05) is 32.9 Å². The molecule has 0 unspecified atom stereocenters. The van der Waals surface area contributed by atoms with Crippen LogP contribution in [0.15, 0.2) is 41.6 Å². The fourth-order valence-corrected chi connectivity index (χ4v) is 4.11. The molecule has 0 spiro atoms. The van der Waals surface area contributed by atoms with Crippen LogP contribution in [0.5, 0.6) is 5.75 Å². The zero-order valence-electron chi connectivity index (χ0n) is 19.5. The molecule has 0 atom stereocenters. The summed E-state index contributed by atoms with van der Waals surface area (Å²) in [4.78, 5) is 31.2. The van der Waals surface area contributed by atoms with Crippen LogP contribution in [-0.2, 0) is 13.1 Å². The lowest BCUT2D eigenvalue weighted by atomic mass is 9.97. The van der Waals surface area contributed by atoms with E-state index in [9.17, 15) is 14.8 Å². The van der Waals surface area contributed by atoms with E-state index < -0.39 is 0 Å². The lowest BCUT2D eigenvalue weighted by molar-refractivity contribution is 0.0753. The van der Waals surface area contributed by atoms with Crippen LogP contribution in [0.25, 0.3) is 0 Å². The van der Waals surface area contributed by atoms with Gasteiger partial charge in [0.1, 0.15) is 11.4 Å². The lowest BCUT2D eigenvalue weighted by Crippen LogP contribution is -2.43. The average molecular weight is 439 g/mol. The van der Waals surface area contributed by atoms with Gasteiger partial charge in [-0.05, 0) is 47.8 Å². The van der Waals surface area contributed by atoms with Gasteiger partial charge in [0.15, 0.2) is 0 Å². The second-order valence-corrected chi connectivity index (χ2v) is 8.89. The van der Waals surface area contributed by atoms with Gasteiger partial charge in [-0.15, -0.1) is 4.91 Å². The first-order chi connectivity index (χ1) is 15.3. The van der Waals surface area contributed by atoms with Gasteiger partial charge in [-0.2, -0.15) is 0 Å². The highest BCUT2D eigenvalue weighted by Crippen LogP contribution is 2.33. The maximum Gasteiger partial charge on any atom is 0.256 e. The first kappa shape index (κ1) is 23.9. The molecule has 1 saturated heterocycles. The zero-order chi connectivity index (χ0) is 23.3. The number of phenols is 1. The summed E-state index contributed by atoms with van der Waals surface area (Å²) in [6.45, 7) is 11.9. The summed E-state index contributed by atoms with van der Waals surface area (Å²) in [6.07, 6.45) is 0. The van der Waals surface area contributed by atoms with E-state index in [0.29, 0.717) is 18.7 Å². The van der Waals surface area contributed by atoms with Crippen molar-refractivity contribution < 1.29 is 9.90 Å². The Kier molecular flexibility index (Phi) is 7.99. The highest BCUT2D eigenvalue weighted by Gasteiger charge is 2.22. The molecule has 7 nitrogen and oxygen atoms in total. The molecule has 32 heavy (non-hydrogen) atoms. The smallest absolute Gasteiger partial charge is 0.256 e. The molecule has 1 fully saturated rings. The molecular formula is C25H34N4O3. The molecule has 1 N–H and O–H groups in total. The summed E-state index contributed by atoms with van der Waals surface area (Å²) >= 11 is 0. The number of carbonyl (C=O) groups excluding carboxylic acids is 1. The number of nitrogens with zero attached hydrogens (tertiary/aromatic N) is 4. The van der Waals surface area contributed by atoms with Crippen LogP contribution < -0.4 is 0 Å². The molecule has 172 valence electrons. The number of amides is 1. The molecule has 2 aromatic carbocycles. The molecule has 0 aliphatic carbocycles. The molecule has 1 aliphatic heterocycles. The number of likely N-dealkylation sites (N-methyl/N-ethyl adjacent to an activating group) is 1. The SMILES string of the molecule is CCN(Cc1cccc(CN2CCN(C)CC2)c1)C(=O)c1cc(C(C)C)c(O)cc1N=O. The topological polar surface area (TPSA) is 76.4 Å². The average Bonchev–Trinajstić information content (AvgIpc) is 2.78. The van der Waals surface area contributed by atoms with E-state index in [-0.39, 0.29) is 28.8 Å². The van der Waals surface area contributed by atoms with Crippen LogP contribution >= 0.6 is 0 Å². The number of aromatic hydroxyl groups is 1. The van der Waals surface area contributed by atoms with Gasteiger partial charge in [-0.3, -0.25) is 9.69 Å². The van der Waals surface area contributed by atoms with Crippen molar-refractivity contribution in [3.8, 4) is 5.75 Å². The molecule has 0 saturated carbocycles. The van der Waals surface area contributed by atoms with E-state index in [1.165, 1.54) is 11.6 Å². The van der Waals surface area contributed by atoms with Crippen molar-refractivity contribution >= 4 is 11.6 Å². The van der Waals surface area contributed by atoms with Crippen molar-refractivity contribution in [2.75, 3.05) is 39.8 Å². The molecule has 3 rings (SSSR count). The number of phenolic OH excluding ortho intramolecular Hbond substituents is 1. The van der Waals surface area contributed by atoms with E-state index >= 15 is 0 Å². The normalized spacial score (nSPS) is 15.2. The third-order valence-corrected chi connectivity index (χ3v) is 6.13. The third kappa shape index (κ3) is 5.72. The van der Waals surface area contributed by atoms with Crippen LogP contribution in [0.2, 0.25) is 0 Å². The summed E-state index contributed by atoms with van der Waals surface area (Å²) in [5, 5.41) is 13.2. The summed E-state index contributed by atoms with van der Waals surface area (Å²) in [7, 11) is 2.15. The predicted molar refractivity (Wildman–Crippen MR) is 127 cm³/mol. The number of hydrogen-bond donors (Lipinski definition) is 1. The quantitative estimate of drug-likeness (QED) is 0.621. The molecule has 1 aliphatic rings. The summed E-state index contributed by atoms with van der Waals surface area (Å²) in [6, 6.07) is 11.2. The number of hydrogen-bond acceptors (Lipinski definition) is 6. The number of carbonyl (C=O) groups is 1. The Bertz CT molecular complexity index is 952. The van der Waals surface area contributed by atoms with Crippen LogP contribution in [-0.4, -0.2) is 65.5 Å². The minimum atomic E-state index is -0.256. The first-order valence-corrected chi connectivity index (χ1v) is 11.3. The summed E-state index contributed by atoms with van der Waals surface area (Å²) in [5.74, 6) is -0.247. The molecule has 2 aromatic rings. The molecule has 1 amide bonds. The Morgan fingerprint density at radius 3 is 2.44 bits per heavy atom. The largest absolute Gasteiger partial charge is 0.508 e. The number of nitroso groups, excluding NO2 is 1. The Balaban J connectivity index is 1.77. The fourth-order valence-electron chi connectivity index (χ4n) is 4.11. The van der Waals surface area contributed by atoms with Gasteiger partial charge >= 0.3 is 0 Å². The van der Waals surface area contributed by atoms with Crippen molar-refractivity contribution in [1.82, 2.24) is 14.7 Å². The minimum absolute atomic E-state index is 0.00851. The van der Waals surface area contributed by atoms with E-state index in [1.54, 1.807) is 11.0 Å². The highest BCUT2D eigenvalue weighted by atomic mass is 16.3. The fraction of sp³-hybridized carbons (Fsp3) is 0.480. The Morgan fingerprint density at radius 2 is 1.81 bits per heavy atom. The highest BCUT2D eigenvalue weighted by molar-refractivity contribution is 5.99. The zero-order valence-corrected chi connectivity index (χ0v) is 19.5. The van der Waals surface area contributed by atoms with Gasteiger partial charge in [0.2, 0.25) is 0 Å². The minimum Gasteiger partial charge on any atom is -0.508 e. The van der Waals surface area contributed by atoms with Crippen LogP contribution in [0.3, 0.4) is 0 Å². The Labute approximate surface area is 190 Å². The molecule has 7 heteroatoms. The van der Waals surface area contributed by atoms with Gasteiger partial charge in [0.05, 0.1) is 5.56 Å². The van der Waals surface area contributed by atoms with Gasteiger partial charge in [-0.25, -0.2) is 0 Å². The van der Waals surface area contributed by atoms with E-state index in [0.717, 1.165) is 38.3 Å². The Hall–Kier alpha value is -2.77. The molecule has 1 heterocycles. The van der Waals surface area contributed by atoms with Crippen LogP contribution in [0.1, 0.15) is 53.7 Å². The maximum absolute atomic E-state index is 13.3. The summed E-state index contributed by atoms with van der Waals surface area (Å²) < 4.78 is 0. The molecule has 0 bridgehead atoms. The first-order valence-electron chi connectivity index (χ1n) is 11.3. The van der Waals surface area contributed by atoms with Gasteiger partial charge in [-0.1, -0.05) is 38.1 Å². The molecule has 0 radical (unpaired) electrons. The lowest BCUT2D eigenvalue weighted by Gasteiger charge is -2.32. The van der Waals surface area contributed by atoms with Gasteiger partial charge in [0.25, 0.3) is 5.91 Å². The van der Waals surface area contributed by atoms with E-state index in [4.69, 9.17) is 0 Å². The maximum atomic E-state index is 13.3. The number of piperazine rings is 1. The van der Waals surface area contributed by atoms with Crippen molar-refractivity contribution in [3.63, 3.8) is 0 Å². The second kappa shape index (κ2) is 10.7. The van der Waals surface area contributed by atoms with Crippen LogP contribution in [0.4, 0.5) is 5.69 Å². The van der Waals surface area contributed by atoms with Gasteiger partial charge in [0, 0.05) is 51.9 Å². The van der Waals surface area contributed by atoms with Crippen LogP contribution in [0, 0.1) is 4.91 Å². The molecule has 0 aromatic heterocycles. The van der Waals surface area contributed by atoms with Crippen molar-refractivity contribution in [1.29, 1.82) is 0 Å². The van der Waals surface area contributed by atoms with Crippen molar-refractivity contribution in [3.05, 3.63) is 63.6 Å². The van der Waals surface area contributed by atoms with E-state index in [2.05, 4.69) is 34.2 Å². The predicted octanol–water partition coefficient (Wildman–Crippen LogP) is 4.32. The third-order valence-electron chi connectivity index (χ3n) is 6.13. The monoisotopic (exact) mass is 438 g/mol. The van der Waals surface area contributed by atoms with Crippen molar-refractivity contribution in [2.45, 2.75) is 39.8 Å². The number of benzene rings is 2. The summed E-state index contributed by atoms with van der Waals surface area (Å²) in [5.41, 5.74) is 3.12. The standard InChI is InChI=1S/C25H34N4O3/c1-5-29(25(31)22-14-21(18(2)3)24(30)15-23(22)26-32)17-20-8-6-7-19(13-20)16-28-11-9-27(4)10-12-28/h6-8,13-15,18,30H,5,9-12,16-17H2,1-4H3. The Morgan fingerprint density at radius 1 is 1.12 bits per heavy atom. The second-order valence-electron chi connectivity index (χ2n) is 8.89. The number of rotatable bonds is 8.